The van der Waals surface area contributed by atoms with Crippen molar-refractivity contribution in [1.29, 1.82) is 0 Å². The fourth-order valence-electron chi connectivity index (χ4n) is 2.04. The zero-order valence-electron chi connectivity index (χ0n) is 12.3. The molecular formula is C15H26N2O. The first kappa shape index (κ1) is 15.0. The highest BCUT2D eigenvalue weighted by atomic mass is 16.1. The molecule has 1 aromatic rings. The molecule has 3 nitrogen and oxygen atoms in total. The molecule has 1 aromatic heterocycles. The molecule has 0 aliphatic carbocycles. The van der Waals surface area contributed by atoms with Crippen LogP contribution in [0.4, 0.5) is 0 Å². The maximum absolute atomic E-state index is 12.4. The lowest BCUT2D eigenvalue weighted by Crippen LogP contribution is -2.32. The van der Waals surface area contributed by atoms with Gasteiger partial charge in [-0.15, -0.1) is 0 Å². The molecule has 2 N–H and O–H groups in total. The van der Waals surface area contributed by atoms with Gasteiger partial charge in [0.1, 0.15) is 0 Å². The Morgan fingerprint density at radius 3 is 2.33 bits per heavy atom. The lowest BCUT2D eigenvalue weighted by molar-refractivity contribution is 0.453. The maximum Gasteiger partial charge on any atom is 0.255 e. The largest absolute Gasteiger partial charge is 0.326 e. The molecule has 0 amide bonds. The van der Waals surface area contributed by atoms with Crippen LogP contribution in [0.5, 0.6) is 0 Å². The third-order valence-corrected chi connectivity index (χ3v) is 3.17. The summed E-state index contributed by atoms with van der Waals surface area (Å²) in [5.74, 6) is 0.589. The summed E-state index contributed by atoms with van der Waals surface area (Å²) in [5, 5.41) is 0. The van der Waals surface area contributed by atoms with Crippen LogP contribution in [0.2, 0.25) is 0 Å². The first-order chi connectivity index (χ1) is 8.27. The number of aromatic nitrogens is 1. The second-order valence-corrected chi connectivity index (χ2v) is 6.34. The minimum absolute atomic E-state index is 0.0245. The van der Waals surface area contributed by atoms with Crippen LogP contribution in [0.3, 0.4) is 0 Å². The molecule has 0 saturated carbocycles. The molecule has 0 bridgehead atoms. The summed E-state index contributed by atoms with van der Waals surface area (Å²) in [6.45, 7) is 11.8. The standard InChI is InChI=1S/C15H26N2O/c1-11(2)8-9-17-13(15(3,4)5)7-6-12(10-16)14(17)18/h6-7,11H,8-10,16H2,1-5H3. The highest BCUT2D eigenvalue weighted by molar-refractivity contribution is 5.21. The summed E-state index contributed by atoms with van der Waals surface area (Å²) in [5.41, 5.74) is 7.46. The molecule has 0 aliphatic rings. The van der Waals surface area contributed by atoms with Crippen molar-refractivity contribution < 1.29 is 0 Å². The van der Waals surface area contributed by atoms with E-state index >= 15 is 0 Å². The van der Waals surface area contributed by atoms with Gasteiger partial charge in [0.05, 0.1) is 0 Å². The Bertz CT molecular complexity index is 453. The number of nitrogens with two attached hydrogens (primary N) is 1. The molecule has 102 valence electrons. The Morgan fingerprint density at radius 1 is 1.28 bits per heavy atom. The van der Waals surface area contributed by atoms with Gasteiger partial charge in [-0.3, -0.25) is 4.79 Å². The lowest BCUT2D eigenvalue weighted by Gasteiger charge is -2.25. The topological polar surface area (TPSA) is 48.0 Å². The normalized spacial score (nSPS) is 12.2. The molecule has 3 heteroatoms. The van der Waals surface area contributed by atoms with E-state index in [4.69, 9.17) is 5.73 Å². The second kappa shape index (κ2) is 5.70. The van der Waals surface area contributed by atoms with Gasteiger partial charge in [0.15, 0.2) is 0 Å². The smallest absolute Gasteiger partial charge is 0.255 e. The van der Waals surface area contributed by atoms with Crippen LogP contribution in [0.1, 0.15) is 52.3 Å². The first-order valence-corrected chi connectivity index (χ1v) is 6.70. The second-order valence-electron chi connectivity index (χ2n) is 6.34. The third kappa shape index (κ3) is 3.45. The molecule has 0 aromatic carbocycles. The fourth-order valence-corrected chi connectivity index (χ4v) is 2.04. The van der Waals surface area contributed by atoms with Gasteiger partial charge < -0.3 is 10.3 Å². The quantitative estimate of drug-likeness (QED) is 0.893. The van der Waals surface area contributed by atoms with E-state index in [-0.39, 0.29) is 11.0 Å². The Kier molecular flexibility index (Phi) is 4.74. The number of pyridine rings is 1. The van der Waals surface area contributed by atoms with Gasteiger partial charge in [-0.2, -0.15) is 0 Å². The molecule has 0 unspecified atom stereocenters. The number of rotatable bonds is 4. The van der Waals surface area contributed by atoms with Gasteiger partial charge in [-0.1, -0.05) is 40.7 Å². The Labute approximate surface area is 110 Å². The predicted molar refractivity (Wildman–Crippen MR) is 76.7 cm³/mol. The highest BCUT2D eigenvalue weighted by Crippen LogP contribution is 2.21. The third-order valence-electron chi connectivity index (χ3n) is 3.17. The predicted octanol–water partition coefficient (Wildman–Crippen LogP) is 2.65. The van der Waals surface area contributed by atoms with E-state index in [1.165, 1.54) is 0 Å². The molecule has 0 saturated heterocycles. The molecule has 1 heterocycles. The monoisotopic (exact) mass is 250 g/mol. The van der Waals surface area contributed by atoms with Crippen molar-refractivity contribution in [3.05, 3.63) is 33.7 Å². The van der Waals surface area contributed by atoms with Gasteiger partial charge in [-0.25, -0.2) is 0 Å². The van der Waals surface area contributed by atoms with Crippen molar-refractivity contribution in [2.75, 3.05) is 0 Å². The average Bonchev–Trinajstić information content (AvgIpc) is 2.25. The van der Waals surface area contributed by atoms with Crippen molar-refractivity contribution in [3.63, 3.8) is 0 Å². The van der Waals surface area contributed by atoms with Gasteiger partial charge in [0, 0.05) is 29.8 Å². The van der Waals surface area contributed by atoms with Crippen molar-refractivity contribution in [2.45, 2.75) is 59.5 Å². The van der Waals surface area contributed by atoms with Crippen molar-refractivity contribution in [3.8, 4) is 0 Å². The van der Waals surface area contributed by atoms with Crippen LogP contribution in [0, 0.1) is 5.92 Å². The van der Waals surface area contributed by atoms with E-state index in [9.17, 15) is 4.79 Å². The van der Waals surface area contributed by atoms with Crippen LogP contribution < -0.4 is 11.3 Å². The van der Waals surface area contributed by atoms with E-state index in [1.54, 1.807) is 0 Å². The van der Waals surface area contributed by atoms with Crippen molar-refractivity contribution >= 4 is 0 Å². The summed E-state index contributed by atoms with van der Waals surface area (Å²) < 4.78 is 1.90. The summed E-state index contributed by atoms with van der Waals surface area (Å²) in [6, 6.07) is 3.92. The minimum Gasteiger partial charge on any atom is -0.326 e. The molecule has 1 rings (SSSR count). The van der Waals surface area contributed by atoms with Crippen LogP contribution in [0.15, 0.2) is 16.9 Å². The van der Waals surface area contributed by atoms with Crippen LogP contribution in [-0.4, -0.2) is 4.57 Å². The Balaban J connectivity index is 3.27. The lowest BCUT2D eigenvalue weighted by atomic mass is 9.90. The Morgan fingerprint density at radius 2 is 1.89 bits per heavy atom. The van der Waals surface area contributed by atoms with E-state index in [0.29, 0.717) is 18.0 Å². The number of hydrogen-bond acceptors (Lipinski definition) is 2. The summed E-state index contributed by atoms with van der Waals surface area (Å²) in [4.78, 5) is 12.4. The molecule has 0 spiro atoms. The van der Waals surface area contributed by atoms with E-state index in [2.05, 4.69) is 34.6 Å². The summed E-state index contributed by atoms with van der Waals surface area (Å²) >= 11 is 0. The van der Waals surface area contributed by atoms with Gasteiger partial charge in [0.25, 0.3) is 5.56 Å². The van der Waals surface area contributed by atoms with E-state index < -0.39 is 0 Å². The van der Waals surface area contributed by atoms with Gasteiger partial charge in [0.2, 0.25) is 0 Å². The molecule has 0 radical (unpaired) electrons. The summed E-state index contributed by atoms with van der Waals surface area (Å²) in [7, 11) is 0. The van der Waals surface area contributed by atoms with E-state index in [0.717, 1.165) is 18.7 Å². The van der Waals surface area contributed by atoms with Gasteiger partial charge in [-0.05, 0) is 18.4 Å². The molecule has 0 aliphatic heterocycles. The molecule has 0 atom stereocenters. The highest BCUT2D eigenvalue weighted by Gasteiger charge is 2.19. The minimum atomic E-state index is -0.0245. The van der Waals surface area contributed by atoms with Crippen molar-refractivity contribution in [2.24, 2.45) is 11.7 Å². The SMILES string of the molecule is CC(C)CCn1c(C(C)(C)C)ccc(CN)c1=O. The van der Waals surface area contributed by atoms with Crippen molar-refractivity contribution in [1.82, 2.24) is 4.57 Å². The zero-order chi connectivity index (χ0) is 13.9. The number of hydrogen-bond donors (Lipinski definition) is 1. The number of nitrogens with zero attached hydrogens (tertiary/aromatic N) is 1. The van der Waals surface area contributed by atoms with Crippen LogP contribution >= 0.6 is 0 Å². The maximum atomic E-state index is 12.4. The first-order valence-electron chi connectivity index (χ1n) is 6.70. The fraction of sp³-hybridized carbons (Fsp3) is 0.667. The molecule has 0 fully saturated rings. The van der Waals surface area contributed by atoms with Crippen LogP contribution in [0.25, 0.3) is 0 Å². The zero-order valence-corrected chi connectivity index (χ0v) is 12.3. The van der Waals surface area contributed by atoms with Crippen LogP contribution in [-0.2, 0) is 18.5 Å². The molecular weight excluding hydrogens is 224 g/mol. The Hall–Kier alpha value is -1.09. The van der Waals surface area contributed by atoms with Gasteiger partial charge >= 0.3 is 0 Å². The van der Waals surface area contributed by atoms with E-state index in [1.807, 2.05) is 16.7 Å². The average molecular weight is 250 g/mol. The molecule has 18 heavy (non-hydrogen) atoms. The summed E-state index contributed by atoms with van der Waals surface area (Å²) in [6.07, 6.45) is 1.01.